The quantitative estimate of drug-likeness (QED) is 0.566. The van der Waals surface area contributed by atoms with Crippen molar-refractivity contribution in [3.63, 3.8) is 0 Å². The van der Waals surface area contributed by atoms with Gasteiger partial charge in [0.15, 0.2) is 10.8 Å². The SMILES string of the molecule is Cc1nc(C)c(-c2nn3c(-c4cccs4)nnc3s2)s1. The van der Waals surface area contributed by atoms with E-state index in [1.165, 1.54) is 0 Å². The fraction of sp³-hybridized carbons (Fsp3) is 0.167. The van der Waals surface area contributed by atoms with Crippen molar-refractivity contribution in [2.75, 3.05) is 0 Å². The lowest BCUT2D eigenvalue weighted by Crippen LogP contribution is -1.88. The van der Waals surface area contributed by atoms with Crippen molar-refractivity contribution in [3.05, 3.63) is 28.2 Å². The average molecular weight is 319 g/mol. The molecule has 0 bridgehead atoms. The number of aryl methyl sites for hydroxylation is 2. The third-order valence-corrected chi connectivity index (χ3v) is 5.82. The number of thiazole rings is 1. The van der Waals surface area contributed by atoms with Crippen LogP contribution in [0.15, 0.2) is 17.5 Å². The van der Waals surface area contributed by atoms with Crippen LogP contribution in [-0.2, 0) is 0 Å². The van der Waals surface area contributed by atoms with Crippen LogP contribution in [-0.4, -0.2) is 24.8 Å². The fourth-order valence-corrected chi connectivity index (χ4v) is 4.57. The molecule has 0 radical (unpaired) electrons. The first-order chi connectivity index (χ1) is 9.72. The maximum Gasteiger partial charge on any atom is 0.235 e. The highest BCUT2D eigenvalue weighted by molar-refractivity contribution is 7.24. The molecular weight excluding hydrogens is 310 g/mol. The minimum absolute atomic E-state index is 0.802. The predicted molar refractivity (Wildman–Crippen MR) is 82.6 cm³/mol. The molecule has 0 aliphatic carbocycles. The van der Waals surface area contributed by atoms with Gasteiger partial charge in [0.05, 0.1) is 20.5 Å². The topological polar surface area (TPSA) is 56.0 Å². The highest BCUT2D eigenvalue weighted by Gasteiger charge is 2.17. The maximum absolute atomic E-state index is 4.66. The van der Waals surface area contributed by atoms with Gasteiger partial charge in [0.1, 0.15) is 0 Å². The summed E-state index contributed by atoms with van der Waals surface area (Å²) >= 11 is 4.86. The summed E-state index contributed by atoms with van der Waals surface area (Å²) in [6.07, 6.45) is 0. The van der Waals surface area contributed by atoms with Gasteiger partial charge in [0.25, 0.3) is 0 Å². The van der Waals surface area contributed by atoms with E-state index in [4.69, 9.17) is 0 Å². The third kappa shape index (κ3) is 1.80. The zero-order valence-electron chi connectivity index (χ0n) is 10.7. The lowest BCUT2D eigenvalue weighted by Gasteiger charge is -1.91. The van der Waals surface area contributed by atoms with Gasteiger partial charge in [-0.05, 0) is 25.3 Å². The van der Waals surface area contributed by atoms with Gasteiger partial charge in [-0.2, -0.15) is 9.61 Å². The Bertz CT molecular complexity index is 884. The summed E-state index contributed by atoms with van der Waals surface area (Å²) in [5.41, 5.74) is 1.02. The molecule has 4 heterocycles. The lowest BCUT2D eigenvalue weighted by molar-refractivity contribution is 0.974. The van der Waals surface area contributed by atoms with Gasteiger partial charge in [-0.25, -0.2) is 4.98 Å². The Morgan fingerprint density at radius 3 is 2.75 bits per heavy atom. The van der Waals surface area contributed by atoms with Gasteiger partial charge in [0, 0.05) is 0 Å². The fourth-order valence-electron chi connectivity index (χ4n) is 2.00. The average Bonchev–Trinajstić information content (AvgIpc) is 3.11. The number of rotatable bonds is 2. The molecule has 0 unspecified atom stereocenters. The molecule has 4 rings (SSSR count). The number of nitrogens with zero attached hydrogens (tertiary/aromatic N) is 5. The molecule has 4 aromatic rings. The van der Waals surface area contributed by atoms with E-state index in [-0.39, 0.29) is 0 Å². The first-order valence-corrected chi connectivity index (χ1v) is 8.44. The third-order valence-electron chi connectivity index (χ3n) is 2.83. The molecular formula is C12H9N5S3. The van der Waals surface area contributed by atoms with E-state index in [1.54, 1.807) is 34.0 Å². The standard InChI is InChI=1S/C12H9N5S3/c1-6-9(19-7(2)13-6)11-16-17-10(8-4-3-5-18-8)14-15-12(17)20-11/h3-5H,1-2H3. The van der Waals surface area contributed by atoms with Crippen molar-refractivity contribution in [2.24, 2.45) is 0 Å². The number of fused-ring (bicyclic) bond motifs is 1. The van der Waals surface area contributed by atoms with Gasteiger partial charge >= 0.3 is 0 Å². The number of thiophene rings is 1. The van der Waals surface area contributed by atoms with E-state index < -0.39 is 0 Å². The molecule has 0 saturated carbocycles. The molecule has 0 aromatic carbocycles. The second kappa shape index (κ2) is 4.44. The number of aromatic nitrogens is 5. The number of hydrogen-bond acceptors (Lipinski definition) is 7. The Morgan fingerprint density at radius 2 is 2.05 bits per heavy atom. The highest BCUT2D eigenvalue weighted by Crippen LogP contribution is 2.34. The summed E-state index contributed by atoms with van der Waals surface area (Å²) in [6, 6.07) is 4.04. The summed E-state index contributed by atoms with van der Waals surface area (Å²) < 4.78 is 1.82. The van der Waals surface area contributed by atoms with Crippen LogP contribution in [0.5, 0.6) is 0 Å². The van der Waals surface area contributed by atoms with Gasteiger partial charge in [0.2, 0.25) is 4.96 Å². The van der Waals surface area contributed by atoms with Crippen LogP contribution in [0.25, 0.3) is 25.5 Å². The zero-order valence-corrected chi connectivity index (χ0v) is 13.1. The molecule has 0 fully saturated rings. The predicted octanol–water partition coefficient (Wildman–Crippen LogP) is 3.65. The van der Waals surface area contributed by atoms with E-state index in [0.717, 1.165) is 36.2 Å². The number of hydrogen-bond donors (Lipinski definition) is 0. The second-order valence-corrected chi connectivity index (χ2v) is 7.36. The Labute approximate surface area is 126 Å². The minimum atomic E-state index is 0.802. The lowest BCUT2D eigenvalue weighted by atomic mass is 10.4. The Balaban J connectivity index is 1.90. The molecule has 0 N–H and O–H groups in total. The van der Waals surface area contributed by atoms with Crippen molar-refractivity contribution >= 4 is 39.0 Å². The molecule has 0 atom stereocenters. The summed E-state index contributed by atoms with van der Waals surface area (Å²) in [5, 5.41) is 17.1. The van der Waals surface area contributed by atoms with Crippen LogP contribution in [0.4, 0.5) is 0 Å². The van der Waals surface area contributed by atoms with Crippen molar-refractivity contribution in [1.82, 2.24) is 24.8 Å². The van der Waals surface area contributed by atoms with Gasteiger partial charge in [-0.3, -0.25) is 0 Å². The summed E-state index contributed by atoms with van der Waals surface area (Å²) in [5.74, 6) is 0.802. The molecule has 0 aliphatic rings. The molecule has 5 nitrogen and oxygen atoms in total. The van der Waals surface area contributed by atoms with Crippen LogP contribution in [0.2, 0.25) is 0 Å². The molecule has 0 aliphatic heterocycles. The first kappa shape index (κ1) is 12.1. The van der Waals surface area contributed by atoms with Gasteiger partial charge in [-0.1, -0.05) is 17.4 Å². The molecule has 100 valence electrons. The first-order valence-electron chi connectivity index (χ1n) is 5.93. The molecule has 8 heteroatoms. The maximum atomic E-state index is 4.66. The van der Waals surface area contributed by atoms with Crippen molar-refractivity contribution in [2.45, 2.75) is 13.8 Å². The van der Waals surface area contributed by atoms with Crippen molar-refractivity contribution in [3.8, 4) is 20.6 Å². The Kier molecular flexibility index (Phi) is 2.69. The minimum Gasteiger partial charge on any atom is -0.246 e. The van der Waals surface area contributed by atoms with Gasteiger partial charge < -0.3 is 0 Å². The molecule has 20 heavy (non-hydrogen) atoms. The summed E-state index contributed by atoms with van der Waals surface area (Å²) in [6.45, 7) is 4.03. The Morgan fingerprint density at radius 1 is 1.15 bits per heavy atom. The smallest absolute Gasteiger partial charge is 0.235 e. The zero-order chi connectivity index (χ0) is 13.7. The molecule has 0 amide bonds. The van der Waals surface area contributed by atoms with Crippen LogP contribution in [0.3, 0.4) is 0 Å². The Hall–Kier alpha value is -1.64. The molecule has 0 saturated heterocycles. The van der Waals surface area contributed by atoms with E-state index in [0.29, 0.717) is 0 Å². The second-order valence-electron chi connectivity index (χ2n) is 4.25. The van der Waals surface area contributed by atoms with E-state index in [9.17, 15) is 0 Å². The highest BCUT2D eigenvalue weighted by atomic mass is 32.1. The van der Waals surface area contributed by atoms with E-state index in [2.05, 4.69) is 20.3 Å². The van der Waals surface area contributed by atoms with Crippen LogP contribution in [0, 0.1) is 13.8 Å². The van der Waals surface area contributed by atoms with Crippen LogP contribution >= 0.6 is 34.0 Å². The van der Waals surface area contributed by atoms with E-state index >= 15 is 0 Å². The van der Waals surface area contributed by atoms with Crippen LogP contribution < -0.4 is 0 Å². The van der Waals surface area contributed by atoms with Gasteiger partial charge in [-0.15, -0.1) is 32.9 Å². The van der Waals surface area contributed by atoms with Crippen LogP contribution in [0.1, 0.15) is 10.7 Å². The molecule has 4 aromatic heterocycles. The molecule has 0 spiro atoms. The monoisotopic (exact) mass is 319 g/mol. The van der Waals surface area contributed by atoms with E-state index in [1.807, 2.05) is 35.9 Å². The summed E-state index contributed by atoms with van der Waals surface area (Å²) in [4.78, 5) is 7.47. The summed E-state index contributed by atoms with van der Waals surface area (Å²) in [7, 11) is 0. The largest absolute Gasteiger partial charge is 0.246 e. The van der Waals surface area contributed by atoms with Crippen molar-refractivity contribution in [1.29, 1.82) is 0 Å². The normalized spacial score (nSPS) is 11.5. The van der Waals surface area contributed by atoms with Crippen molar-refractivity contribution < 1.29 is 0 Å².